The number of ether oxygens (including phenoxy) is 2. The van der Waals surface area contributed by atoms with E-state index in [9.17, 15) is 9.59 Å². The summed E-state index contributed by atoms with van der Waals surface area (Å²) in [5.74, 6) is 0.375. The van der Waals surface area contributed by atoms with E-state index in [1.165, 1.54) is 0 Å². The number of esters is 1. The lowest BCUT2D eigenvalue weighted by atomic mass is 9.95. The second kappa shape index (κ2) is 8.13. The number of hydrogen-bond donors (Lipinski definition) is 1. The van der Waals surface area contributed by atoms with Crippen molar-refractivity contribution in [1.29, 1.82) is 0 Å². The molecule has 0 unspecified atom stereocenters. The highest BCUT2D eigenvalue weighted by Gasteiger charge is 2.21. The zero-order valence-corrected chi connectivity index (χ0v) is 16.2. The van der Waals surface area contributed by atoms with Crippen molar-refractivity contribution in [3.8, 4) is 11.5 Å². The molecule has 0 saturated carbocycles. The zero-order chi connectivity index (χ0) is 20.1. The van der Waals surface area contributed by atoms with Crippen molar-refractivity contribution in [2.45, 2.75) is 20.8 Å². The number of amides is 1. The van der Waals surface area contributed by atoms with Crippen LogP contribution in [0.5, 0.6) is 11.5 Å². The van der Waals surface area contributed by atoms with Gasteiger partial charge in [-0.05, 0) is 23.6 Å². The maximum absolute atomic E-state index is 12.2. The average molecular weight is 377 g/mol. The number of anilines is 1. The average Bonchev–Trinajstić information content (AvgIpc) is 2.66. The van der Waals surface area contributed by atoms with Crippen molar-refractivity contribution < 1.29 is 19.1 Å². The van der Waals surface area contributed by atoms with Crippen molar-refractivity contribution in [3.05, 3.63) is 66.7 Å². The van der Waals surface area contributed by atoms with Gasteiger partial charge in [0, 0.05) is 22.6 Å². The van der Waals surface area contributed by atoms with E-state index in [1.807, 2.05) is 57.2 Å². The molecule has 0 aliphatic carbocycles. The Bertz CT molecular complexity index is 999. The van der Waals surface area contributed by atoms with E-state index < -0.39 is 11.4 Å². The molecule has 1 N–H and O–H groups in total. The maximum atomic E-state index is 12.2. The summed E-state index contributed by atoms with van der Waals surface area (Å²) in [6, 6.07) is 20.2. The van der Waals surface area contributed by atoms with E-state index >= 15 is 0 Å². The van der Waals surface area contributed by atoms with Crippen LogP contribution in [0.2, 0.25) is 0 Å². The fraction of sp³-hybridized carbons (Fsp3) is 0.217. The molecule has 3 aromatic rings. The van der Waals surface area contributed by atoms with Crippen LogP contribution in [0.1, 0.15) is 20.8 Å². The number of fused-ring (bicyclic) bond motifs is 1. The molecule has 5 nitrogen and oxygen atoms in total. The summed E-state index contributed by atoms with van der Waals surface area (Å²) in [6.45, 7) is 5.28. The monoisotopic (exact) mass is 377 g/mol. The first-order valence-electron chi connectivity index (χ1n) is 9.06. The third kappa shape index (κ3) is 4.88. The van der Waals surface area contributed by atoms with E-state index in [0.717, 1.165) is 10.8 Å². The standard InChI is InChI=1S/C23H23NO4/c1-23(2,3)22(26)24-17-10-7-11-18(14-17)27-15-21(25)28-20-13-6-9-16-8-4-5-12-19(16)20/h4-14H,15H2,1-3H3,(H,24,26). The van der Waals surface area contributed by atoms with Gasteiger partial charge in [-0.3, -0.25) is 4.79 Å². The quantitative estimate of drug-likeness (QED) is 0.512. The van der Waals surface area contributed by atoms with Gasteiger partial charge in [0.25, 0.3) is 0 Å². The Balaban J connectivity index is 1.62. The predicted octanol–water partition coefficient (Wildman–Crippen LogP) is 4.81. The molecule has 3 rings (SSSR count). The summed E-state index contributed by atoms with van der Waals surface area (Å²) >= 11 is 0. The molecule has 0 spiro atoms. The van der Waals surface area contributed by atoms with Crippen LogP contribution in [0.15, 0.2) is 66.7 Å². The SMILES string of the molecule is CC(C)(C)C(=O)Nc1cccc(OCC(=O)Oc2cccc3ccccc23)c1. The molecule has 0 aliphatic rings. The smallest absolute Gasteiger partial charge is 0.349 e. The highest BCUT2D eigenvalue weighted by Crippen LogP contribution is 2.25. The van der Waals surface area contributed by atoms with Crippen molar-refractivity contribution >= 4 is 28.3 Å². The first-order valence-corrected chi connectivity index (χ1v) is 9.06. The number of nitrogens with one attached hydrogen (secondary N) is 1. The summed E-state index contributed by atoms with van der Waals surface area (Å²) < 4.78 is 11.0. The van der Waals surface area contributed by atoms with Crippen LogP contribution in [-0.2, 0) is 9.59 Å². The fourth-order valence-electron chi connectivity index (χ4n) is 2.56. The van der Waals surface area contributed by atoms with Crippen molar-refractivity contribution in [3.63, 3.8) is 0 Å². The lowest BCUT2D eigenvalue weighted by Crippen LogP contribution is -2.27. The van der Waals surface area contributed by atoms with Gasteiger partial charge < -0.3 is 14.8 Å². The van der Waals surface area contributed by atoms with Gasteiger partial charge in [0.2, 0.25) is 5.91 Å². The summed E-state index contributed by atoms with van der Waals surface area (Å²) in [5, 5.41) is 4.70. The molecule has 0 aliphatic heterocycles. The third-order valence-corrected chi connectivity index (χ3v) is 4.10. The molecular formula is C23H23NO4. The van der Waals surface area contributed by atoms with E-state index in [4.69, 9.17) is 9.47 Å². The van der Waals surface area contributed by atoms with Crippen LogP contribution in [-0.4, -0.2) is 18.5 Å². The van der Waals surface area contributed by atoms with E-state index in [0.29, 0.717) is 17.2 Å². The first-order chi connectivity index (χ1) is 13.3. The molecule has 0 saturated heterocycles. The summed E-state index contributed by atoms with van der Waals surface area (Å²) in [4.78, 5) is 24.3. The number of benzene rings is 3. The molecule has 144 valence electrons. The van der Waals surface area contributed by atoms with Crippen molar-refractivity contribution in [2.24, 2.45) is 5.41 Å². The molecule has 5 heteroatoms. The Hall–Kier alpha value is -3.34. The van der Waals surface area contributed by atoms with Crippen molar-refractivity contribution in [1.82, 2.24) is 0 Å². The molecule has 0 bridgehead atoms. The van der Waals surface area contributed by atoms with Gasteiger partial charge in [0.15, 0.2) is 6.61 Å². The second-order valence-electron chi connectivity index (χ2n) is 7.47. The number of carbonyl (C=O) groups is 2. The normalized spacial score (nSPS) is 11.1. The van der Waals surface area contributed by atoms with Crippen LogP contribution >= 0.6 is 0 Å². The van der Waals surface area contributed by atoms with E-state index in [2.05, 4.69) is 5.32 Å². The lowest BCUT2D eigenvalue weighted by molar-refractivity contribution is -0.136. The first kappa shape index (κ1) is 19.4. The van der Waals surface area contributed by atoms with Crippen LogP contribution in [0, 0.1) is 5.41 Å². The molecular weight excluding hydrogens is 354 g/mol. The van der Waals surface area contributed by atoms with Crippen LogP contribution in [0.3, 0.4) is 0 Å². The Labute approximate surface area is 164 Å². The van der Waals surface area contributed by atoms with Gasteiger partial charge in [0.1, 0.15) is 11.5 Å². The number of rotatable bonds is 5. The van der Waals surface area contributed by atoms with E-state index in [1.54, 1.807) is 30.3 Å². The van der Waals surface area contributed by atoms with Gasteiger partial charge in [-0.2, -0.15) is 0 Å². The Morgan fingerprint density at radius 3 is 2.43 bits per heavy atom. The summed E-state index contributed by atoms with van der Waals surface area (Å²) in [5.41, 5.74) is 0.110. The molecule has 0 atom stereocenters. The zero-order valence-electron chi connectivity index (χ0n) is 16.2. The van der Waals surface area contributed by atoms with Crippen LogP contribution in [0.25, 0.3) is 10.8 Å². The van der Waals surface area contributed by atoms with E-state index in [-0.39, 0.29) is 12.5 Å². The second-order valence-corrected chi connectivity index (χ2v) is 7.47. The minimum absolute atomic E-state index is 0.0972. The summed E-state index contributed by atoms with van der Waals surface area (Å²) in [7, 11) is 0. The van der Waals surface area contributed by atoms with Gasteiger partial charge in [-0.15, -0.1) is 0 Å². The molecule has 28 heavy (non-hydrogen) atoms. The number of carbonyl (C=O) groups excluding carboxylic acids is 2. The minimum Gasteiger partial charge on any atom is -0.482 e. The minimum atomic E-state index is -0.501. The largest absolute Gasteiger partial charge is 0.482 e. The van der Waals surface area contributed by atoms with Gasteiger partial charge in [-0.25, -0.2) is 4.79 Å². The highest BCUT2D eigenvalue weighted by atomic mass is 16.6. The maximum Gasteiger partial charge on any atom is 0.349 e. The molecule has 3 aromatic carbocycles. The molecule has 0 fully saturated rings. The Kier molecular flexibility index (Phi) is 5.64. The fourth-order valence-corrected chi connectivity index (χ4v) is 2.56. The van der Waals surface area contributed by atoms with Gasteiger partial charge in [-0.1, -0.05) is 63.2 Å². The Morgan fingerprint density at radius 1 is 0.929 bits per heavy atom. The number of hydrogen-bond acceptors (Lipinski definition) is 4. The topological polar surface area (TPSA) is 64.6 Å². The van der Waals surface area contributed by atoms with Crippen LogP contribution < -0.4 is 14.8 Å². The molecule has 0 radical (unpaired) electrons. The third-order valence-electron chi connectivity index (χ3n) is 4.10. The molecule has 1 amide bonds. The highest BCUT2D eigenvalue weighted by molar-refractivity contribution is 5.94. The Morgan fingerprint density at radius 2 is 1.64 bits per heavy atom. The summed E-state index contributed by atoms with van der Waals surface area (Å²) in [6.07, 6.45) is 0. The molecule has 0 heterocycles. The lowest BCUT2D eigenvalue weighted by Gasteiger charge is -2.18. The van der Waals surface area contributed by atoms with Crippen molar-refractivity contribution in [2.75, 3.05) is 11.9 Å². The molecule has 0 aromatic heterocycles. The van der Waals surface area contributed by atoms with Crippen LogP contribution in [0.4, 0.5) is 5.69 Å². The van der Waals surface area contributed by atoms with Gasteiger partial charge in [0.05, 0.1) is 0 Å². The predicted molar refractivity (Wildman–Crippen MR) is 110 cm³/mol. The van der Waals surface area contributed by atoms with Gasteiger partial charge >= 0.3 is 5.97 Å².